The average Bonchev–Trinajstić information content (AvgIpc) is 2.36. The molecule has 0 aromatic carbocycles. The molecule has 1 aromatic rings. The summed E-state index contributed by atoms with van der Waals surface area (Å²) in [7, 11) is 0. The molecule has 1 aromatic heterocycles. The van der Waals surface area contributed by atoms with Crippen molar-refractivity contribution in [2.75, 3.05) is 0 Å². The topological polar surface area (TPSA) is 80.9 Å². The minimum atomic E-state index is -1.23. The van der Waals surface area contributed by atoms with Gasteiger partial charge in [-0.25, -0.2) is 0 Å². The van der Waals surface area contributed by atoms with Crippen molar-refractivity contribution in [1.29, 1.82) is 0 Å². The van der Waals surface area contributed by atoms with Crippen molar-refractivity contribution < 1.29 is 20.1 Å². The van der Waals surface area contributed by atoms with Crippen LogP contribution in [0.3, 0.4) is 0 Å². The van der Waals surface area contributed by atoms with Gasteiger partial charge >= 0.3 is 0 Å². The predicted octanol–water partition coefficient (Wildman–Crippen LogP) is -1.69. The fourth-order valence-electron chi connectivity index (χ4n) is 0.606. The van der Waals surface area contributed by atoms with Crippen LogP contribution >= 0.6 is 0 Å². The number of hydrogen-bond acceptors (Lipinski definition) is 3. The van der Waals surface area contributed by atoms with Crippen LogP contribution in [0.15, 0.2) is 22.8 Å². The Hall–Kier alpha value is -1.29. The van der Waals surface area contributed by atoms with Gasteiger partial charge in [-0.2, -0.15) is 0 Å². The van der Waals surface area contributed by atoms with Gasteiger partial charge in [-0.1, -0.05) is 0 Å². The van der Waals surface area contributed by atoms with E-state index in [9.17, 15) is 9.90 Å². The summed E-state index contributed by atoms with van der Waals surface area (Å²) < 4.78 is 4.77. The lowest BCUT2D eigenvalue weighted by atomic mass is 10.2. The van der Waals surface area contributed by atoms with E-state index in [0.717, 1.165) is 0 Å². The number of furan rings is 1. The molecule has 0 saturated heterocycles. The van der Waals surface area contributed by atoms with E-state index in [4.69, 9.17) is 4.42 Å². The number of carboxylic acid groups (broad SMARTS) is 1. The summed E-state index contributed by atoms with van der Waals surface area (Å²) in [5.74, 6) is -0.907. The van der Waals surface area contributed by atoms with Crippen LogP contribution in [0, 0.1) is 0 Å². The highest BCUT2D eigenvalue weighted by molar-refractivity contribution is 5.70. The summed E-state index contributed by atoms with van der Waals surface area (Å²) in [4.78, 5) is 10.2. The Labute approximate surface area is 57.3 Å². The van der Waals surface area contributed by atoms with Gasteiger partial charge in [0.2, 0.25) is 0 Å². The number of rotatable bonds is 2. The monoisotopic (exact) mass is 141 g/mol. The number of hydrogen-bond donors (Lipinski definition) is 1. The first-order chi connectivity index (χ1) is 4.72. The van der Waals surface area contributed by atoms with Gasteiger partial charge in [0.15, 0.2) is 11.8 Å². The minimum Gasteiger partial charge on any atom is -0.544 e. The molecule has 0 bridgehead atoms. The lowest BCUT2D eigenvalue weighted by Gasteiger charge is -2.04. The van der Waals surface area contributed by atoms with E-state index in [1.807, 2.05) is 0 Å². The molecule has 0 aliphatic carbocycles. The Bertz CT molecular complexity index is 217. The third-order valence-electron chi connectivity index (χ3n) is 1.17. The molecule has 0 aliphatic heterocycles. The molecule has 4 nitrogen and oxygen atoms in total. The molecule has 54 valence electrons. The highest BCUT2D eigenvalue weighted by atomic mass is 16.4. The predicted molar refractivity (Wildman–Crippen MR) is 29.3 cm³/mol. The summed E-state index contributed by atoms with van der Waals surface area (Å²) in [6.07, 6.45) is 1.40. The van der Waals surface area contributed by atoms with E-state index in [1.165, 1.54) is 6.26 Å². The zero-order valence-corrected chi connectivity index (χ0v) is 5.24. The highest BCUT2D eigenvalue weighted by Gasteiger charge is 2.12. The van der Waals surface area contributed by atoms with Crippen LogP contribution in [0.5, 0.6) is 0 Å². The largest absolute Gasteiger partial charge is 0.544 e. The first-order valence-corrected chi connectivity index (χ1v) is 2.79. The van der Waals surface area contributed by atoms with E-state index < -0.39 is 12.0 Å². The number of quaternary nitrogens is 1. The summed E-state index contributed by atoms with van der Waals surface area (Å²) in [6, 6.07) is 2.25. The second kappa shape index (κ2) is 2.53. The van der Waals surface area contributed by atoms with Gasteiger partial charge in [-0.15, -0.1) is 0 Å². The standard InChI is InChI=1S/C6H7NO3/c7-5(6(8)9)4-2-1-3-10-4/h1-3,5H,7H2,(H,8,9)/t5-/m1/s1. The Balaban J connectivity index is 2.77. The first kappa shape index (κ1) is 6.82. The quantitative estimate of drug-likeness (QED) is 0.533. The molecule has 1 atom stereocenters. The molecule has 1 heterocycles. The third-order valence-corrected chi connectivity index (χ3v) is 1.17. The van der Waals surface area contributed by atoms with Gasteiger partial charge in [-0.3, -0.25) is 0 Å². The second-order valence-corrected chi connectivity index (χ2v) is 1.89. The average molecular weight is 141 g/mol. The smallest absolute Gasteiger partial charge is 0.183 e. The maximum Gasteiger partial charge on any atom is 0.183 e. The van der Waals surface area contributed by atoms with E-state index in [2.05, 4.69) is 5.73 Å². The lowest BCUT2D eigenvalue weighted by molar-refractivity contribution is -0.446. The van der Waals surface area contributed by atoms with Crippen LogP contribution in [0.4, 0.5) is 0 Å². The first-order valence-electron chi connectivity index (χ1n) is 2.79. The number of carbonyl (C=O) groups excluding carboxylic acids is 1. The highest BCUT2D eigenvalue weighted by Crippen LogP contribution is 2.06. The van der Waals surface area contributed by atoms with E-state index in [0.29, 0.717) is 5.76 Å². The summed E-state index contributed by atoms with van der Waals surface area (Å²) in [5, 5.41) is 10.2. The maximum atomic E-state index is 10.2. The van der Waals surface area contributed by atoms with Crippen molar-refractivity contribution in [3.05, 3.63) is 24.2 Å². The fourth-order valence-corrected chi connectivity index (χ4v) is 0.606. The zero-order valence-electron chi connectivity index (χ0n) is 5.24. The molecule has 0 fully saturated rings. The van der Waals surface area contributed by atoms with Gasteiger partial charge in [0, 0.05) is 0 Å². The van der Waals surface area contributed by atoms with Crippen LogP contribution in [-0.2, 0) is 4.79 Å². The molecule has 3 N–H and O–H groups in total. The number of aliphatic carboxylic acids is 1. The Morgan fingerprint density at radius 2 is 2.50 bits per heavy atom. The molecule has 10 heavy (non-hydrogen) atoms. The molecular weight excluding hydrogens is 134 g/mol. The molecule has 0 spiro atoms. The van der Waals surface area contributed by atoms with E-state index in [-0.39, 0.29) is 0 Å². The Morgan fingerprint density at radius 3 is 2.90 bits per heavy atom. The van der Waals surface area contributed by atoms with Crippen molar-refractivity contribution >= 4 is 5.97 Å². The third kappa shape index (κ3) is 1.16. The van der Waals surface area contributed by atoms with Crippen molar-refractivity contribution in [3.63, 3.8) is 0 Å². The van der Waals surface area contributed by atoms with Gasteiger partial charge in [0.25, 0.3) is 0 Å². The molecule has 0 aliphatic rings. The fraction of sp³-hybridized carbons (Fsp3) is 0.167. The number of carbonyl (C=O) groups is 1. The van der Waals surface area contributed by atoms with Crippen LogP contribution in [0.2, 0.25) is 0 Å². The molecule has 4 heteroatoms. The normalized spacial score (nSPS) is 12.9. The van der Waals surface area contributed by atoms with Crippen LogP contribution in [0.1, 0.15) is 11.8 Å². The van der Waals surface area contributed by atoms with Crippen LogP contribution in [-0.4, -0.2) is 5.97 Å². The molecular formula is C6H7NO3. The van der Waals surface area contributed by atoms with Crippen molar-refractivity contribution in [1.82, 2.24) is 0 Å². The van der Waals surface area contributed by atoms with Gasteiger partial charge < -0.3 is 20.1 Å². The van der Waals surface area contributed by atoms with Gasteiger partial charge in [0.05, 0.1) is 6.26 Å². The van der Waals surface area contributed by atoms with Crippen molar-refractivity contribution in [3.8, 4) is 0 Å². The van der Waals surface area contributed by atoms with E-state index in [1.54, 1.807) is 12.1 Å². The van der Waals surface area contributed by atoms with Gasteiger partial charge in [-0.05, 0) is 12.1 Å². The Kier molecular flexibility index (Phi) is 1.73. The van der Waals surface area contributed by atoms with Crippen LogP contribution < -0.4 is 10.8 Å². The summed E-state index contributed by atoms with van der Waals surface area (Å²) in [6.45, 7) is 0. The van der Waals surface area contributed by atoms with Crippen molar-refractivity contribution in [2.24, 2.45) is 0 Å². The van der Waals surface area contributed by atoms with Crippen molar-refractivity contribution in [2.45, 2.75) is 6.04 Å². The molecule has 0 radical (unpaired) electrons. The second-order valence-electron chi connectivity index (χ2n) is 1.89. The maximum absolute atomic E-state index is 10.2. The van der Waals surface area contributed by atoms with E-state index >= 15 is 0 Å². The molecule has 0 saturated carbocycles. The molecule has 0 amide bonds. The molecule has 1 rings (SSSR count). The zero-order chi connectivity index (χ0) is 7.56. The summed E-state index contributed by atoms with van der Waals surface area (Å²) in [5.41, 5.74) is 3.32. The summed E-state index contributed by atoms with van der Waals surface area (Å²) >= 11 is 0. The van der Waals surface area contributed by atoms with Crippen LogP contribution in [0.25, 0.3) is 0 Å². The van der Waals surface area contributed by atoms with Gasteiger partial charge in [0.1, 0.15) is 5.97 Å². The number of carboxylic acids is 1. The Morgan fingerprint density at radius 1 is 1.80 bits per heavy atom. The lowest BCUT2D eigenvalue weighted by Crippen LogP contribution is -2.60. The molecule has 0 unspecified atom stereocenters. The minimum absolute atomic E-state index is 0.319. The SMILES string of the molecule is [NH3+][C@@H](C(=O)[O-])c1ccco1.